The van der Waals surface area contributed by atoms with Crippen molar-refractivity contribution in [2.45, 2.75) is 23.8 Å². The van der Waals surface area contributed by atoms with Gasteiger partial charge in [0.2, 0.25) is 0 Å². The summed E-state index contributed by atoms with van der Waals surface area (Å²) in [5.74, 6) is 0.301. The van der Waals surface area contributed by atoms with Gasteiger partial charge in [-0.15, -0.1) is 0 Å². The first-order valence-electron chi connectivity index (χ1n) is 8.65. The summed E-state index contributed by atoms with van der Waals surface area (Å²) in [4.78, 5) is 12.3. The predicted molar refractivity (Wildman–Crippen MR) is 102 cm³/mol. The van der Waals surface area contributed by atoms with Gasteiger partial charge in [0.05, 0.1) is 18.1 Å². The summed E-state index contributed by atoms with van der Waals surface area (Å²) < 4.78 is 38.2. The third-order valence-corrected chi connectivity index (χ3v) is 5.64. The molecule has 0 bridgehead atoms. The van der Waals surface area contributed by atoms with E-state index in [1.165, 1.54) is 19.2 Å². The second-order valence-corrected chi connectivity index (χ2v) is 7.89. The number of carbonyl (C=O) groups is 1. The normalized spacial score (nSPS) is 16.7. The van der Waals surface area contributed by atoms with E-state index in [1.54, 1.807) is 36.4 Å². The quantitative estimate of drug-likeness (QED) is 0.757. The molecule has 1 aliphatic rings. The highest BCUT2D eigenvalue weighted by Gasteiger charge is 2.19. The van der Waals surface area contributed by atoms with Crippen LogP contribution < -0.4 is 14.8 Å². The summed E-state index contributed by atoms with van der Waals surface area (Å²) in [6.45, 7) is 1.13. The third kappa shape index (κ3) is 4.99. The Morgan fingerprint density at radius 2 is 2.00 bits per heavy atom. The van der Waals surface area contributed by atoms with Gasteiger partial charge < -0.3 is 14.8 Å². The molecule has 0 aliphatic carbocycles. The molecule has 0 spiro atoms. The maximum atomic E-state index is 12.6. The van der Waals surface area contributed by atoms with Crippen molar-refractivity contribution in [3.8, 4) is 5.75 Å². The summed E-state index contributed by atoms with van der Waals surface area (Å²) in [6, 6.07) is 12.5. The molecule has 0 aromatic heterocycles. The van der Waals surface area contributed by atoms with Crippen LogP contribution in [0, 0.1) is 0 Å². The van der Waals surface area contributed by atoms with Crippen molar-refractivity contribution >= 4 is 21.6 Å². The maximum absolute atomic E-state index is 12.6. The van der Waals surface area contributed by atoms with Crippen molar-refractivity contribution in [1.82, 2.24) is 5.32 Å². The minimum atomic E-state index is -3.82. The van der Waals surface area contributed by atoms with Crippen LogP contribution in [-0.2, 0) is 14.8 Å². The van der Waals surface area contributed by atoms with E-state index in [1.807, 2.05) is 0 Å². The number of ether oxygens (including phenoxy) is 2. The van der Waals surface area contributed by atoms with E-state index in [0.29, 0.717) is 24.6 Å². The number of amides is 1. The lowest BCUT2D eigenvalue weighted by molar-refractivity contribution is 0.0857. The first-order valence-corrected chi connectivity index (χ1v) is 10.1. The molecule has 1 heterocycles. The summed E-state index contributed by atoms with van der Waals surface area (Å²) in [5, 5.41) is 2.79. The third-order valence-electron chi connectivity index (χ3n) is 4.26. The molecule has 0 unspecified atom stereocenters. The topological polar surface area (TPSA) is 93.7 Å². The van der Waals surface area contributed by atoms with E-state index in [0.717, 1.165) is 12.8 Å². The molecule has 3 rings (SSSR count). The van der Waals surface area contributed by atoms with Crippen molar-refractivity contribution in [2.75, 3.05) is 25.0 Å². The first kappa shape index (κ1) is 19.2. The van der Waals surface area contributed by atoms with Crippen LogP contribution in [0.4, 0.5) is 5.69 Å². The average molecular weight is 390 g/mol. The second-order valence-electron chi connectivity index (χ2n) is 6.21. The number of carbonyl (C=O) groups excluding carboxylic acids is 1. The molecule has 1 atom stereocenters. The number of rotatable bonds is 7. The van der Waals surface area contributed by atoms with E-state index in [-0.39, 0.29) is 22.5 Å². The molecule has 1 saturated heterocycles. The van der Waals surface area contributed by atoms with Gasteiger partial charge in [0.1, 0.15) is 5.75 Å². The number of methoxy groups -OCH3 is 1. The van der Waals surface area contributed by atoms with Crippen molar-refractivity contribution in [3.63, 3.8) is 0 Å². The van der Waals surface area contributed by atoms with Crippen molar-refractivity contribution < 1.29 is 22.7 Å². The van der Waals surface area contributed by atoms with Crippen LogP contribution in [0.1, 0.15) is 23.2 Å². The SMILES string of the molecule is COc1ccc(NS(=O)(=O)c2cccc(C(=O)NC[C@@H]3CCCO3)c2)cc1. The monoisotopic (exact) mass is 390 g/mol. The first-order chi connectivity index (χ1) is 13.0. The second kappa shape index (κ2) is 8.41. The van der Waals surface area contributed by atoms with E-state index >= 15 is 0 Å². The van der Waals surface area contributed by atoms with Crippen LogP contribution in [-0.4, -0.2) is 40.7 Å². The zero-order valence-electron chi connectivity index (χ0n) is 15.0. The fourth-order valence-electron chi connectivity index (χ4n) is 2.79. The Hall–Kier alpha value is -2.58. The number of nitrogens with one attached hydrogen (secondary N) is 2. The Kier molecular flexibility index (Phi) is 5.98. The van der Waals surface area contributed by atoms with Crippen LogP contribution >= 0.6 is 0 Å². The predicted octanol–water partition coefficient (Wildman–Crippen LogP) is 2.40. The molecule has 7 nitrogen and oxygen atoms in total. The fraction of sp³-hybridized carbons (Fsp3) is 0.316. The molecule has 0 radical (unpaired) electrons. The van der Waals surface area contributed by atoms with Gasteiger partial charge in [-0.05, 0) is 55.3 Å². The standard InChI is InChI=1S/C19H22N2O5S/c1-25-16-9-7-15(8-10-16)21-27(23,24)18-6-2-4-14(12-18)19(22)20-13-17-5-3-11-26-17/h2,4,6-10,12,17,21H,3,5,11,13H2,1H3,(H,20,22)/t17-/m0/s1. The van der Waals surface area contributed by atoms with Gasteiger partial charge in [0.15, 0.2) is 0 Å². The van der Waals surface area contributed by atoms with Crippen LogP contribution in [0.3, 0.4) is 0 Å². The number of sulfonamides is 1. The van der Waals surface area contributed by atoms with Gasteiger partial charge in [-0.1, -0.05) is 6.07 Å². The molecule has 27 heavy (non-hydrogen) atoms. The molecule has 2 aromatic rings. The number of benzene rings is 2. The zero-order chi connectivity index (χ0) is 19.3. The highest BCUT2D eigenvalue weighted by molar-refractivity contribution is 7.92. The lowest BCUT2D eigenvalue weighted by Gasteiger charge is -2.12. The smallest absolute Gasteiger partial charge is 0.261 e. The highest BCUT2D eigenvalue weighted by atomic mass is 32.2. The molecule has 8 heteroatoms. The highest BCUT2D eigenvalue weighted by Crippen LogP contribution is 2.20. The summed E-state index contributed by atoms with van der Waals surface area (Å²) >= 11 is 0. The Morgan fingerprint density at radius 3 is 2.67 bits per heavy atom. The number of anilines is 1. The number of hydrogen-bond acceptors (Lipinski definition) is 5. The molecule has 0 saturated carbocycles. The zero-order valence-corrected chi connectivity index (χ0v) is 15.8. The van der Waals surface area contributed by atoms with E-state index < -0.39 is 10.0 Å². The molecule has 1 aliphatic heterocycles. The Balaban J connectivity index is 1.69. The molecular formula is C19H22N2O5S. The van der Waals surface area contributed by atoms with Crippen LogP contribution in [0.25, 0.3) is 0 Å². The largest absolute Gasteiger partial charge is 0.497 e. The summed E-state index contributed by atoms with van der Waals surface area (Å²) in [6.07, 6.45) is 1.93. The van der Waals surface area contributed by atoms with Gasteiger partial charge >= 0.3 is 0 Å². The average Bonchev–Trinajstić information content (AvgIpc) is 3.20. The van der Waals surface area contributed by atoms with Crippen molar-refractivity contribution in [2.24, 2.45) is 0 Å². The van der Waals surface area contributed by atoms with E-state index in [4.69, 9.17) is 9.47 Å². The van der Waals surface area contributed by atoms with Crippen molar-refractivity contribution in [1.29, 1.82) is 0 Å². The van der Waals surface area contributed by atoms with Crippen LogP contribution in [0.5, 0.6) is 5.75 Å². The Morgan fingerprint density at radius 1 is 1.22 bits per heavy atom. The molecular weight excluding hydrogens is 368 g/mol. The van der Waals surface area contributed by atoms with Gasteiger partial charge in [0, 0.05) is 24.4 Å². The molecule has 1 amide bonds. The summed E-state index contributed by atoms with van der Waals surface area (Å²) in [5.41, 5.74) is 0.689. The Labute approximate surface area is 158 Å². The van der Waals surface area contributed by atoms with Crippen molar-refractivity contribution in [3.05, 3.63) is 54.1 Å². The maximum Gasteiger partial charge on any atom is 0.261 e. The van der Waals surface area contributed by atoms with Crippen LogP contribution in [0.15, 0.2) is 53.4 Å². The minimum absolute atomic E-state index is 0.0167. The van der Waals surface area contributed by atoms with Gasteiger partial charge in [-0.25, -0.2) is 8.42 Å². The Bertz CT molecular complexity index is 891. The molecule has 2 N–H and O–H groups in total. The fourth-order valence-corrected chi connectivity index (χ4v) is 3.90. The van der Waals surface area contributed by atoms with Gasteiger partial charge in [-0.2, -0.15) is 0 Å². The molecule has 144 valence electrons. The van der Waals surface area contributed by atoms with E-state index in [2.05, 4.69) is 10.0 Å². The minimum Gasteiger partial charge on any atom is -0.497 e. The summed E-state index contributed by atoms with van der Waals surface area (Å²) in [7, 11) is -2.28. The lowest BCUT2D eigenvalue weighted by Crippen LogP contribution is -2.31. The molecule has 1 fully saturated rings. The number of hydrogen-bond donors (Lipinski definition) is 2. The lowest BCUT2D eigenvalue weighted by atomic mass is 10.2. The molecule has 2 aromatic carbocycles. The van der Waals surface area contributed by atoms with E-state index in [9.17, 15) is 13.2 Å². The van der Waals surface area contributed by atoms with Gasteiger partial charge in [-0.3, -0.25) is 9.52 Å². The van der Waals surface area contributed by atoms with Gasteiger partial charge in [0.25, 0.3) is 15.9 Å². The van der Waals surface area contributed by atoms with Crippen LogP contribution in [0.2, 0.25) is 0 Å².